The topological polar surface area (TPSA) is 79.1 Å². The molecule has 1 aromatic heterocycles. The molecule has 0 bridgehead atoms. The van der Waals surface area contributed by atoms with Crippen molar-refractivity contribution in [3.05, 3.63) is 33.4 Å². The molecule has 6 heteroatoms. The Bertz CT molecular complexity index is 696. The van der Waals surface area contributed by atoms with Crippen LogP contribution < -0.4 is 5.73 Å². The highest BCUT2D eigenvalue weighted by Gasteiger charge is 2.33. The van der Waals surface area contributed by atoms with Crippen LogP contribution in [0.25, 0.3) is 10.9 Å². The van der Waals surface area contributed by atoms with Gasteiger partial charge in [0.1, 0.15) is 0 Å². The second kappa shape index (κ2) is 4.95. The molecule has 0 saturated carbocycles. The third-order valence-electron chi connectivity index (χ3n) is 4.00. The first-order chi connectivity index (χ1) is 9.52. The van der Waals surface area contributed by atoms with Gasteiger partial charge in [-0.3, -0.25) is 4.79 Å². The lowest BCUT2D eigenvalue weighted by Gasteiger charge is -2.26. The molecule has 2 aromatic rings. The lowest BCUT2D eigenvalue weighted by molar-refractivity contribution is -0.120. The number of nitrogens with two attached hydrogens (primary N) is 1. The average Bonchev–Trinajstić information content (AvgIpc) is 2.82. The van der Waals surface area contributed by atoms with E-state index in [9.17, 15) is 9.90 Å². The second-order valence-corrected chi connectivity index (χ2v) is 6.05. The zero-order chi connectivity index (χ0) is 14.4. The van der Waals surface area contributed by atoms with Gasteiger partial charge in [-0.05, 0) is 36.5 Å². The van der Waals surface area contributed by atoms with Crippen LogP contribution in [0.15, 0.2) is 12.1 Å². The van der Waals surface area contributed by atoms with Crippen LogP contribution in [0.5, 0.6) is 0 Å². The van der Waals surface area contributed by atoms with E-state index in [1.54, 1.807) is 12.1 Å². The Morgan fingerprint density at radius 3 is 2.75 bits per heavy atom. The molecule has 0 saturated heterocycles. The van der Waals surface area contributed by atoms with E-state index in [4.69, 9.17) is 28.9 Å². The molecule has 1 heterocycles. The van der Waals surface area contributed by atoms with E-state index in [1.165, 1.54) is 0 Å². The summed E-state index contributed by atoms with van der Waals surface area (Å²) in [5.41, 5.74) is 7.95. The van der Waals surface area contributed by atoms with Crippen molar-refractivity contribution in [2.75, 3.05) is 6.61 Å². The van der Waals surface area contributed by atoms with Crippen molar-refractivity contribution >= 4 is 40.0 Å². The number of primary amides is 1. The van der Waals surface area contributed by atoms with E-state index < -0.39 is 11.8 Å². The molecule has 0 aliphatic heterocycles. The smallest absolute Gasteiger partial charge is 0.226 e. The summed E-state index contributed by atoms with van der Waals surface area (Å²) in [7, 11) is 0. The minimum absolute atomic E-state index is 0.00838. The molecule has 20 heavy (non-hydrogen) atoms. The van der Waals surface area contributed by atoms with Crippen molar-refractivity contribution in [3.8, 4) is 0 Å². The molecule has 2 atom stereocenters. The number of H-pyrrole nitrogens is 1. The van der Waals surface area contributed by atoms with Crippen LogP contribution in [0.1, 0.15) is 23.6 Å². The Morgan fingerprint density at radius 2 is 2.10 bits per heavy atom. The summed E-state index contributed by atoms with van der Waals surface area (Å²) >= 11 is 12.5. The van der Waals surface area contributed by atoms with Crippen LogP contribution in [-0.2, 0) is 11.2 Å². The first kappa shape index (κ1) is 13.7. The van der Waals surface area contributed by atoms with Crippen LogP contribution in [0.4, 0.5) is 0 Å². The fraction of sp³-hybridized carbons (Fsp3) is 0.357. The molecule has 106 valence electrons. The number of carbonyl (C=O) groups excluding carboxylic acids is 1. The predicted molar refractivity (Wildman–Crippen MR) is 79.2 cm³/mol. The van der Waals surface area contributed by atoms with Gasteiger partial charge in [0.05, 0.1) is 21.5 Å². The van der Waals surface area contributed by atoms with Crippen molar-refractivity contribution in [3.63, 3.8) is 0 Å². The molecule has 1 aliphatic rings. The number of carbonyl (C=O) groups is 1. The molecule has 4 nitrogen and oxygen atoms in total. The van der Waals surface area contributed by atoms with Gasteiger partial charge in [0.25, 0.3) is 0 Å². The summed E-state index contributed by atoms with van der Waals surface area (Å²) in [4.78, 5) is 14.9. The predicted octanol–water partition coefficient (Wildman–Crippen LogP) is 2.60. The van der Waals surface area contributed by atoms with Crippen molar-refractivity contribution in [1.29, 1.82) is 0 Å². The maximum atomic E-state index is 11.7. The van der Waals surface area contributed by atoms with Crippen molar-refractivity contribution in [2.24, 2.45) is 11.7 Å². The number of rotatable bonds is 2. The van der Waals surface area contributed by atoms with Crippen LogP contribution in [0.2, 0.25) is 10.0 Å². The summed E-state index contributed by atoms with van der Waals surface area (Å²) in [6.07, 6.45) is 1.20. The fourth-order valence-electron chi connectivity index (χ4n) is 3.04. The number of hydrogen-bond acceptors (Lipinski definition) is 2. The third-order valence-corrected chi connectivity index (χ3v) is 4.63. The highest BCUT2D eigenvalue weighted by Crippen LogP contribution is 2.42. The van der Waals surface area contributed by atoms with Gasteiger partial charge in [-0.15, -0.1) is 0 Å². The van der Waals surface area contributed by atoms with Crippen molar-refractivity contribution in [1.82, 2.24) is 4.98 Å². The SMILES string of the molecule is NC(=O)C1CC(CO)Cc2c1[nH]c1c(Cl)ccc(Cl)c21. The van der Waals surface area contributed by atoms with Gasteiger partial charge in [0.2, 0.25) is 5.91 Å². The van der Waals surface area contributed by atoms with E-state index in [1.807, 2.05) is 0 Å². The Hall–Kier alpha value is -1.23. The largest absolute Gasteiger partial charge is 0.396 e. The Labute approximate surface area is 125 Å². The quantitative estimate of drug-likeness (QED) is 0.797. The number of benzene rings is 1. The number of aromatic amines is 1. The summed E-state index contributed by atoms with van der Waals surface area (Å²) < 4.78 is 0. The Morgan fingerprint density at radius 1 is 1.40 bits per heavy atom. The van der Waals surface area contributed by atoms with E-state index in [0.717, 1.165) is 22.2 Å². The molecule has 0 spiro atoms. The number of aromatic nitrogens is 1. The number of hydrogen-bond donors (Lipinski definition) is 3. The standard InChI is InChI=1S/C14H14Cl2N2O2/c15-9-1-2-10(16)13-11(9)7-3-6(5-19)4-8(14(17)20)12(7)18-13/h1-2,6,8,18-19H,3-5H2,(H2,17,20). The number of halogens is 2. The van der Waals surface area contributed by atoms with Crippen LogP contribution in [0.3, 0.4) is 0 Å². The lowest BCUT2D eigenvalue weighted by Crippen LogP contribution is -2.30. The van der Waals surface area contributed by atoms with Crippen LogP contribution in [0, 0.1) is 5.92 Å². The van der Waals surface area contributed by atoms with Gasteiger partial charge in [-0.25, -0.2) is 0 Å². The van der Waals surface area contributed by atoms with Crippen LogP contribution in [-0.4, -0.2) is 22.6 Å². The molecular weight excluding hydrogens is 299 g/mol. The Kier molecular flexibility index (Phi) is 3.40. The number of amides is 1. The number of aliphatic hydroxyl groups excluding tert-OH is 1. The minimum Gasteiger partial charge on any atom is -0.396 e. The number of fused-ring (bicyclic) bond motifs is 3. The normalized spacial score (nSPS) is 21.9. The maximum absolute atomic E-state index is 11.7. The zero-order valence-corrected chi connectivity index (χ0v) is 12.1. The van der Waals surface area contributed by atoms with Gasteiger partial charge >= 0.3 is 0 Å². The minimum atomic E-state index is -0.435. The van der Waals surface area contributed by atoms with Crippen molar-refractivity contribution < 1.29 is 9.90 Å². The summed E-state index contributed by atoms with van der Waals surface area (Å²) in [5.74, 6) is -0.826. The van der Waals surface area contributed by atoms with Gasteiger partial charge in [-0.2, -0.15) is 0 Å². The summed E-state index contributed by atoms with van der Waals surface area (Å²) in [6, 6.07) is 3.46. The van der Waals surface area contributed by atoms with Crippen LogP contribution >= 0.6 is 23.2 Å². The monoisotopic (exact) mass is 312 g/mol. The molecule has 2 unspecified atom stereocenters. The molecular formula is C14H14Cl2N2O2. The highest BCUT2D eigenvalue weighted by molar-refractivity contribution is 6.40. The van der Waals surface area contributed by atoms with E-state index in [0.29, 0.717) is 22.9 Å². The van der Waals surface area contributed by atoms with E-state index in [2.05, 4.69) is 4.98 Å². The average molecular weight is 313 g/mol. The molecule has 1 aliphatic carbocycles. The van der Waals surface area contributed by atoms with E-state index >= 15 is 0 Å². The number of aliphatic hydroxyl groups is 1. The van der Waals surface area contributed by atoms with Gasteiger partial charge in [0, 0.05) is 17.7 Å². The highest BCUT2D eigenvalue weighted by atomic mass is 35.5. The molecule has 4 N–H and O–H groups in total. The third kappa shape index (κ3) is 1.99. The summed E-state index contributed by atoms with van der Waals surface area (Å²) in [5, 5.41) is 11.4. The zero-order valence-electron chi connectivity index (χ0n) is 10.6. The first-order valence-electron chi connectivity index (χ1n) is 6.41. The first-order valence-corrected chi connectivity index (χ1v) is 7.17. The lowest BCUT2D eigenvalue weighted by atomic mass is 9.79. The molecule has 1 aromatic carbocycles. The molecule has 1 amide bonds. The molecule has 3 rings (SSSR count). The maximum Gasteiger partial charge on any atom is 0.226 e. The molecule has 0 fully saturated rings. The van der Waals surface area contributed by atoms with Gasteiger partial charge in [-0.1, -0.05) is 23.2 Å². The van der Waals surface area contributed by atoms with Crippen molar-refractivity contribution in [2.45, 2.75) is 18.8 Å². The Balaban J connectivity index is 2.28. The fourth-order valence-corrected chi connectivity index (χ4v) is 3.52. The van der Waals surface area contributed by atoms with E-state index in [-0.39, 0.29) is 12.5 Å². The number of nitrogens with one attached hydrogen (secondary N) is 1. The summed E-state index contributed by atoms with van der Waals surface area (Å²) in [6.45, 7) is 0.0219. The van der Waals surface area contributed by atoms with Gasteiger partial charge < -0.3 is 15.8 Å². The van der Waals surface area contributed by atoms with Gasteiger partial charge in [0.15, 0.2) is 0 Å². The molecule has 0 radical (unpaired) electrons. The second-order valence-electron chi connectivity index (χ2n) is 5.24.